The number of hydrogen-bond acceptors (Lipinski definition) is 2. The monoisotopic (exact) mass is 354 g/mol. The van der Waals surface area contributed by atoms with Gasteiger partial charge >= 0.3 is 0 Å². The Morgan fingerprint density at radius 2 is 1.74 bits per heavy atom. The fourth-order valence-corrected chi connectivity index (χ4v) is 4.70. The van der Waals surface area contributed by atoms with E-state index >= 15 is 0 Å². The summed E-state index contributed by atoms with van der Waals surface area (Å²) >= 11 is 0. The van der Waals surface area contributed by atoms with Gasteiger partial charge in [0.2, 0.25) is 0 Å². The number of rotatable bonds is 2. The number of para-hydroxylation sites is 3. The molecule has 1 atom stereocenters. The first-order chi connectivity index (χ1) is 13.2. The quantitative estimate of drug-likeness (QED) is 0.521. The number of hydrogen-bond donors (Lipinski definition) is 1. The highest BCUT2D eigenvalue weighted by Crippen LogP contribution is 2.44. The number of anilines is 1. The largest absolute Gasteiger partial charge is 0.360 e. The van der Waals surface area contributed by atoms with E-state index in [1.165, 1.54) is 40.9 Å². The Labute approximate surface area is 158 Å². The topological polar surface area (TPSA) is 34.8 Å². The highest BCUT2D eigenvalue weighted by molar-refractivity contribution is 5.86. The van der Waals surface area contributed by atoms with Gasteiger partial charge in [-0.25, -0.2) is 4.98 Å². The van der Waals surface area contributed by atoms with Crippen molar-refractivity contribution in [3.63, 3.8) is 0 Å². The van der Waals surface area contributed by atoms with E-state index in [9.17, 15) is 0 Å². The van der Waals surface area contributed by atoms with Gasteiger partial charge in [-0.3, -0.25) is 4.57 Å². The van der Waals surface area contributed by atoms with E-state index in [1.54, 1.807) is 0 Å². The van der Waals surface area contributed by atoms with Crippen LogP contribution in [-0.2, 0) is 0 Å². The summed E-state index contributed by atoms with van der Waals surface area (Å²) in [7, 11) is 0. The lowest BCUT2D eigenvalue weighted by Crippen LogP contribution is -2.25. The van der Waals surface area contributed by atoms with Crippen molar-refractivity contribution in [1.29, 1.82) is 0 Å². The normalized spacial score (nSPS) is 18.2. The summed E-state index contributed by atoms with van der Waals surface area (Å²) in [6.45, 7) is 4.50. The SMILES string of the molecule is Cc1cc(C2Nc3ccccc3-c3nc4ccccc4n32)c(C)n1C1CC1. The molecule has 2 aliphatic rings. The number of aryl methyl sites for hydroxylation is 1. The van der Waals surface area contributed by atoms with Crippen molar-refractivity contribution in [2.24, 2.45) is 0 Å². The Morgan fingerprint density at radius 3 is 2.59 bits per heavy atom. The van der Waals surface area contributed by atoms with Crippen LogP contribution in [0.4, 0.5) is 5.69 Å². The average Bonchev–Trinajstić information content (AvgIpc) is 3.36. The van der Waals surface area contributed by atoms with E-state index in [-0.39, 0.29) is 6.17 Å². The minimum Gasteiger partial charge on any atom is -0.360 e. The molecule has 4 heteroatoms. The molecular weight excluding hydrogens is 332 g/mol. The second-order valence-electron chi connectivity index (χ2n) is 7.81. The third-order valence-corrected chi connectivity index (χ3v) is 6.04. The zero-order valence-corrected chi connectivity index (χ0v) is 15.6. The van der Waals surface area contributed by atoms with Crippen LogP contribution < -0.4 is 5.32 Å². The summed E-state index contributed by atoms with van der Waals surface area (Å²) in [6, 6.07) is 20.0. The summed E-state index contributed by atoms with van der Waals surface area (Å²) < 4.78 is 4.90. The van der Waals surface area contributed by atoms with E-state index in [1.807, 2.05) is 0 Å². The van der Waals surface area contributed by atoms with Gasteiger partial charge in [0.05, 0.1) is 11.0 Å². The van der Waals surface area contributed by atoms with E-state index in [0.29, 0.717) is 6.04 Å². The maximum absolute atomic E-state index is 4.99. The molecule has 3 heterocycles. The first-order valence-corrected chi connectivity index (χ1v) is 9.73. The van der Waals surface area contributed by atoms with Gasteiger partial charge in [0, 0.05) is 34.2 Å². The van der Waals surface area contributed by atoms with E-state index in [2.05, 4.69) is 82.9 Å². The Kier molecular flexibility index (Phi) is 2.94. The van der Waals surface area contributed by atoms with Crippen LogP contribution in [0, 0.1) is 13.8 Å². The fourth-order valence-electron chi connectivity index (χ4n) is 4.70. The number of fused-ring (bicyclic) bond motifs is 5. The van der Waals surface area contributed by atoms with Crippen LogP contribution in [0.15, 0.2) is 54.6 Å². The molecule has 1 N–H and O–H groups in total. The molecule has 1 aliphatic heterocycles. The van der Waals surface area contributed by atoms with Crippen molar-refractivity contribution < 1.29 is 0 Å². The van der Waals surface area contributed by atoms with Crippen LogP contribution in [0.25, 0.3) is 22.4 Å². The highest BCUT2D eigenvalue weighted by atomic mass is 15.3. The Morgan fingerprint density at radius 1 is 0.963 bits per heavy atom. The molecule has 4 nitrogen and oxygen atoms in total. The van der Waals surface area contributed by atoms with Crippen molar-refractivity contribution in [3.05, 3.63) is 71.5 Å². The molecule has 0 amide bonds. The molecule has 0 bridgehead atoms. The number of nitrogens with zero attached hydrogens (tertiary/aromatic N) is 3. The standard InChI is InChI=1S/C23H22N4/c1-14-13-18(15(2)26(14)16-11-12-16)23-24-19-8-4-3-7-17(19)22-25-20-9-5-6-10-21(20)27(22)23/h3-10,13,16,23-24H,11-12H2,1-2H3. The number of imidazole rings is 1. The maximum Gasteiger partial charge on any atom is 0.145 e. The predicted octanol–water partition coefficient (Wildman–Crippen LogP) is 5.43. The highest BCUT2D eigenvalue weighted by Gasteiger charge is 2.33. The number of nitrogens with one attached hydrogen (secondary N) is 1. The molecular formula is C23H22N4. The molecule has 0 radical (unpaired) electrons. The van der Waals surface area contributed by atoms with Crippen LogP contribution in [0.1, 0.15) is 42.0 Å². The second kappa shape index (κ2) is 5.26. The van der Waals surface area contributed by atoms with Gasteiger partial charge in [-0.1, -0.05) is 24.3 Å². The van der Waals surface area contributed by atoms with E-state index < -0.39 is 0 Å². The van der Waals surface area contributed by atoms with Crippen molar-refractivity contribution in [2.75, 3.05) is 5.32 Å². The van der Waals surface area contributed by atoms with E-state index in [0.717, 1.165) is 17.0 Å². The lowest BCUT2D eigenvalue weighted by Gasteiger charge is -2.30. The Balaban J connectivity index is 1.63. The van der Waals surface area contributed by atoms with Gasteiger partial charge in [0.1, 0.15) is 12.0 Å². The zero-order chi connectivity index (χ0) is 18.1. The van der Waals surface area contributed by atoms with Gasteiger partial charge in [-0.2, -0.15) is 0 Å². The fraction of sp³-hybridized carbons (Fsp3) is 0.261. The first-order valence-electron chi connectivity index (χ1n) is 9.73. The summed E-state index contributed by atoms with van der Waals surface area (Å²) in [5.74, 6) is 1.05. The van der Waals surface area contributed by atoms with Crippen LogP contribution in [0.5, 0.6) is 0 Å². The van der Waals surface area contributed by atoms with Gasteiger partial charge in [-0.15, -0.1) is 0 Å². The molecule has 1 fully saturated rings. The maximum atomic E-state index is 4.99. The third kappa shape index (κ3) is 2.07. The number of aromatic nitrogens is 3. The molecule has 0 saturated heterocycles. The molecule has 27 heavy (non-hydrogen) atoms. The summed E-state index contributed by atoms with van der Waals surface area (Å²) in [5.41, 5.74) is 8.62. The summed E-state index contributed by atoms with van der Waals surface area (Å²) in [5, 5.41) is 3.80. The van der Waals surface area contributed by atoms with Gasteiger partial charge in [0.25, 0.3) is 0 Å². The minimum absolute atomic E-state index is 0.0565. The third-order valence-electron chi connectivity index (χ3n) is 6.04. The van der Waals surface area contributed by atoms with Crippen molar-refractivity contribution in [3.8, 4) is 11.4 Å². The van der Waals surface area contributed by atoms with Gasteiger partial charge in [0.15, 0.2) is 0 Å². The summed E-state index contributed by atoms with van der Waals surface area (Å²) in [6.07, 6.45) is 2.66. The molecule has 1 unspecified atom stereocenters. The molecule has 0 spiro atoms. The Bertz CT molecular complexity index is 1190. The molecule has 134 valence electrons. The average molecular weight is 354 g/mol. The zero-order valence-electron chi connectivity index (χ0n) is 15.6. The van der Waals surface area contributed by atoms with Crippen molar-refractivity contribution >= 4 is 16.7 Å². The van der Waals surface area contributed by atoms with Crippen LogP contribution in [0.3, 0.4) is 0 Å². The van der Waals surface area contributed by atoms with Crippen molar-refractivity contribution in [1.82, 2.24) is 14.1 Å². The lowest BCUT2D eigenvalue weighted by molar-refractivity contribution is 0.647. The van der Waals surface area contributed by atoms with Crippen LogP contribution >= 0.6 is 0 Å². The Hall–Kier alpha value is -3.01. The number of benzene rings is 2. The molecule has 4 aromatic rings. The van der Waals surface area contributed by atoms with Gasteiger partial charge < -0.3 is 9.88 Å². The van der Waals surface area contributed by atoms with E-state index in [4.69, 9.17) is 4.98 Å². The molecule has 6 rings (SSSR count). The molecule has 2 aromatic heterocycles. The first kappa shape index (κ1) is 15.1. The van der Waals surface area contributed by atoms with Crippen LogP contribution in [0.2, 0.25) is 0 Å². The van der Waals surface area contributed by atoms with Gasteiger partial charge in [-0.05, 0) is 57.0 Å². The molecule has 2 aromatic carbocycles. The van der Waals surface area contributed by atoms with Crippen LogP contribution in [-0.4, -0.2) is 14.1 Å². The summed E-state index contributed by atoms with van der Waals surface area (Å²) in [4.78, 5) is 4.99. The predicted molar refractivity (Wildman–Crippen MR) is 109 cm³/mol. The molecule has 1 saturated carbocycles. The molecule has 1 aliphatic carbocycles. The van der Waals surface area contributed by atoms with Crippen molar-refractivity contribution in [2.45, 2.75) is 38.9 Å². The lowest BCUT2D eigenvalue weighted by atomic mass is 10.1. The smallest absolute Gasteiger partial charge is 0.145 e. The second-order valence-corrected chi connectivity index (χ2v) is 7.81. The minimum atomic E-state index is 0.0565.